The Hall–Kier alpha value is -4.83. The Morgan fingerprint density at radius 2 is 1.47 bits per heavy atom. The van der Waals surface area contributed by atoms with Gasteiger partial charge in [-0.1, -0.05) is 42.5 Å². The molecule has 3 heterocycles. The molecule has 0 saturated carbocycles. The molecule has 10 nitrogen and oxygen atoms in total. The standard InChI is InChI=1S/C39H48N4O6/c1-28-35(38(44)48-5)37(31-17-18-32(46-3)33(27-31)47-4)36(29(2)43(28)21-11-15-30-13-7-6-8-14-30)39(45)49-26-12-20-41-22-24-42(25-23-41)34-16-9-10-19-40-34/h6-10,13-14,16-19,27,37H,11-12,15,20-26H2,1-5H3. The summed E-state index contributed by atoms with van der Waals surface area (Å²) < 4.78 is 22.4. The van der Waals surface area contributed by atoms with Gasteiger partial charge in [0, 0.05) is 56.9 Å². The molecular formula is C39H48N4O6. The second-order valence-corrected chi connectivity index (χ2v) is 12.3. The second kappa shape index (κ2) is 17.0. The first kappa shape index (κ1) is 35.5. The molecule has 10 heteroatoms. The Balaban J connectivity index is 1.35. The number of piperazine rings is 1. The minimum atomic E-state index is -0.718. The van der Waals surface area contributed by atoms with Gasteiger partial charge < -0.3 is 28.7 Å². The molecule has 0 amide bonds. The van der Waals surface area contributed by atoms with Gasteiger partial charge in [-0.25, -0.2) is 14.6 Å². The number of carbonyl (C=O) groups is 2. The van der Waals surface area contributed by atoms with E-state index in [4.69, 9.17) is 18.9 Å². The van der Waals surface area contributed by atoms with E-state index in [2.05, 4.69) is 31.8 Å². The molecule has 2 aliphatic rings. The van der Waals surface area contributed by atoms with Gasteiger partial charge in [-0.05, 0) is 68.5 Å². The van der Waals surface area contributed by atoms with E-state index in [1.807, 2.05) is 68.6 Å². The average Bonchev–Trinajstić information content (AvgIpc) is 3.14. The third-order valence-electron chi connectivity index (χ3n) is 9.42. The predicted octanol–water partition coefficient (Wildman–Crippen LogP) is 5.61. The zero-order valence-electron chi connectivity index (χ0n) is 29.3. The minimum Gasteiger partial charge on any atom is -0.493 e. The van der Waals surface area contributed by atoms with E-state index >= 15 is 0 Å². The molecule has 1 atom stereocenters. The molecule has 260 valence electrons. The average molecular weight is 669 g/mol. The summed E-state index contributed by atoms with van der Waals surface area (Å²) in [5.74, 6) is 0.397. The van der Waals surface area contributed by atoms with E-state index in [1.54, 1.807) is 20.3 Å². The molecule has 3 aromatic rings. The molecule has 0 aliphatic carbocycles. The third-order valence-corrected chi connectivity index (χ3v) is 9.42. The minimum absolute atomic E-state index is 0.263. The molecule has 1 saturated heterocycles. The molecular weight excluding hydrogens is 620 g/mol. The maximum Gasteiger partial charge on any atom is 0.336 e. The van der Waals surface area contributed by atoms with Crippen molar-refractivity contribution in [2.24, 2.45) is 0 Å². The van der Waals surface area contributed by atoms with E-state index < -0.39 is 17.9 Å². The molecule has 0 N–H and O–H groups in total. The van der Waals surface area contributed by atoms with Gasteiger partial charge in [-0.15, -0.1) is 0 Å². The summed E-state index contributed by atoms with van der Waals surface area (Å²) in [4.78, 5) is 38.9. The molecule has 0 radical (unpaired) electrons. The van der Waals surface area contributed by atoms with Gasteiger partial charge >= 0.3 is 11.9 Å². The molecule has 1 fully saturated rings. The lowest BCUT2D eigenvalue weighted by atomic mass is 9.79. The fraction of sp³-hybridized carbons (Fsp3) is 0.410. The molecule has 1 aromatic heterocycles. The van der Waals surface area contributed by atoms with Crippen molar-refractivity contribution in [1.82, 2.24) is 14.8 Å². The predicted molar refractivity (Wildman–Crippen MR) is 190 cm³/mol. The van der Waals surface area contributed by atoms with Crippen LogP contribution in [0, 0.1) is 0 Å². The SMILES string of the molecule is COC(=O)C1=C(C)N(CCCc2ccccc2)C(C)=C(C(=O)OCCCN2CCN(c3ccccn3)CC2)C1c1ccc(OC)c(OC)c1. The van der Waals surface area contributed by atoms with E-state index in [9.17, 15) is 9.59 Å². The van der Waals surface area contributed by atoms with Crippen LogP contribution in [0.3, 0.4) is 0 Å². The van der Waals surface area contributed by atoms with Crippen LogP contribution in [-0.2, 0) is 25.5 Å². The number of aromatic nitrogens is 1. The highest BCUT2D eigenvalue weighted by Crippen LogP contribution is 2.45. The van der Waals surface area contributed by atoms with E-state index in [0.29, 0.717) is 41.2 Å². The lowest BCUT2D eigenvalue weighted by molar-refractivity contribution is -0.139. The Morgan fingerprint density at radius 1 is 0.776 bits per heavy atom. The molecule has 49 heavy (non-hydrogen) atoms. The zero-order valence-corrected chi connectivity index (χ0v) is 29.3. The molecule has 0 spiro atoms. The van der Waals surface area contributed by atoms with Gasteiger partial charge in [0.1, 0.15) is 5.82 Å². The van der Waals surface area contributed by atoms with Crippen molar-refractivity contribution >= 4 is 17.8 Å². The first-order valence-electron chi connectivity index (χ1n) is 16.9. The summed E-state index contributed by atoms with van der Waals surface area (Å²) in [5.41, 5.74) is 4.27. The zero-order chi connectivity index (χ0) is 34.8. The number of carbonyl (C=O) groups excluding carboxylic acids is 2. The number of hydrogen-bond donors (Lipinski definition) is 0. The quantitative estimate of drug-likeness (QED) is 0.160. The number of pyridine rings is 1. The maximum absolute atomic E-state index is 14.2. The number of aryl methyl sites for hydroxylation is 1. The number of hydrogen-bond acceptors (Lipinski definition) is 10. The second-order valence-electron chi connectivity index (χ2n) is 12.3. The molecule has 2 aliphatic heterocycles. The van der Waals surface area contributed by atoms with Crippen LogP contribution in [0.15, 0.2) is 95.5 Å². The van der Waals surface area contributed by atoms with Crippen molar-refractivity contribution in [2.45, 2.75) is 39.0 Å². The van der Waals surface area contributed by atoms with Crippen molar-refractivity contribution in [3.05, 3.63) is 107 Å². The van der Waals surface area contributed by atoms with Gasteiger partial charge in [-0.3, -0.25) is 4.90 Å². The number of esters is 2. The fourth-order valence-corrected chi connectivity index (χ4v) is 6.80. The van der Waals surface area contributed by atoms with Gasteiger partial charge in [-0.2, -0.15) is 0 Å². The summed E-state index contributed by atoms with van der Waals surface area (Å²) in [6, 6.07) is 21.7. The first-order chi connectivity index (χ1) is 23.9. The van der Waals surface area contributed by atoms with Gasteiger partial charge in [0.15, 0.2) is 11.5 Å². The highest BCUT2D eigenvalue weighted by molar-refractivity contribution is 6.00. The van der Waals surface area contributed by atoms with Crippen LogP contribution in [-0.4, -0.2) is 93.9 Å². The van der Waals surface area contributed by atoms with Crippen LogP contribution in [0.25, 0.3) is 0 Å². The monoisotopic (exact) mass is 668 g/mol. The van der Waals surface area contributed by atoms with Crippen LogP contribution >= 0.6 is 0 Å². The van der Waals surface area contributed by atoms with E-state index in [1.165, 1.54) is 12.7 Å². The molecule has 1 unspecified atom stereocenters. The normalized spacial score (nSPS) is 16.9. The Morgan fingerprint density at radius 3 is 2.12 bits per heavy atom. The number of benzene rings is 2. The maximum atomic E-state index is 14.2. The van der Waals surface area contributed by atoms with Crippen LogP contribution in [0.2, 0.25) is 0 Å². The number of methoxy groups -OCH3 is 3. The van der Waals surface area contributed by atoms with Crippen molar-refractivity contribution < 1.29 is 28.5 Å². The summed E-state index contributed by atoms with van der Waals surface area (Å²) in [5, 5.41) is 0. The molecule has 0 bridgehead atoms. The van der Waals surface area contributed by atoms with Gasteiger partial charge in [0.25, 0.3) is 0 Å². The lowest BCUT2D eigenvalue weighted by Crippen LogP contribution is -2.47. The number of ether oxygens (including phenoxy) is 4. The Bertz CT molecular complexity index is 1630. The van der Waals surface area contributed by atoms with Gasteiger partial charge in [0.2, 0.25) is 0 Å². The number of allylic oxidation sites excluding steroid dienone is 2. The number of nitrogens with zero attached hydrogens (tertiary/aromatic N) is 4. The van der Waals surface area contributed by atoms with Gasteiger partial charge in [0.05, 0.1) is 45.0 Å². The highest BCUT2D eigenvalue weighted by Gasteiger charge is 2.40. The largest absolute Gasteiger partial charge is 0.493 e. The molecule has 2 aromatic carbocycles. The van der Waals surface area contributed by atoms with Crippen LogP contribution < -0.4 is 14.4 Å². The third kappa shape index (κ3) is 8.43. The van der Waals surface area contributed by atoms with Crippen LogP contribution in [0.1, 0.15) is 43.7 Å². The van der Waals surface area contributed by atoms with E-state index in [-0.39, 0.29) is 6.61 Å². The van der Waals surface area contributed by atoms with Crippen molar-refractivity contribution in [3.8, 4) is 11.5 Å². The highest BCUT2D eigenvalue weighted by atomic mass is 16.5. The summed E-state index contributed by atoms with van der Waals surface area (Å²) in [6.45, 7) is 9.19. The number of rotatable bonds is 14. The van der Waals surface area contributed by atoms with Crippen LogP contribution in [0.5, 0.6) is 11.5 Å². The smallest absolute Gasteiger partial charge is 0.336 e. The lowest BCUT2D eigenvalue weighted by Gasteiger charge is -2.38. The number of anilines is 1. The van der Waals surface area contributed by atoms with Crippen molar-refractivity contribution in [1.29, 1.82) is 0 Å². The fourth-order valence-electron chi connectivity index (χ4n) is 6.80. The first-order valence-corrected chi connectivity index (χ1v) is 16.9. The Kier molecular flexibility index (Phi) is 12.3. The van der Waals surface area contributed by atoms with E-state index in [0.717, 1.165) is 62.8 Å². The topological polar surface area (TPSA) is 93.7 Å². The summed E-state index contributed by atoms with van der Waals surface area (Å²) in [6.07, 6.45) is 4.21. The van der Waals surface area contributed by atoms with Crippen LogP contribution in [0.4, 0.5) is 5.82 Å². The summed E-state index contributed by atoms with van der Waals surface area (Å²) in [7, 11) is 4.50. The summed E-state index contributed by atoms with van der Waals surface area (Å²) >= 11 is 0. The van der Waals surface area contributed by atoms with Crippen molar-refractivity contribution in [3.63, 3.8) is 0 Å². The molecule has 5 rings (SSSR count). The van der Waals surface area contributed by atoms with Crippen molar-refractivity contribution in [2.75, 3.05) is 72.1 Å². The Labute approximate surface area is 289 Å².